The van der Waals surface area contributed by atoms with Crippen molar-refractivity contribution in [3.8, 4) is 0 Å². The zero-order valence-corrected chi connectivity index (χ0v) is 8.11. The molecule has 1 aromatic rings. The predicted molar refractivity (Wildman–Crippen MR) is 53.0 cm³/mol. The normalized spacial score (nSPS) is 12.9. The van der Waals surface area contributed by atoms with E-state index in [-0.39, 0.29) is 11.7 Å². The van der Waals surface area contributed by atoms with Gasteiger partial charge in [0.05, 0.1) is 10.7 Å². The lowest BCUT2D eigenvalue weighted by atomic mass is 10.0. The maximum Gasteiger partial charge on any atom is 0.130 e. The Bertz CT molecular complexity index is 315. The number of rotatable bonds is 2. The molecule has 0 spiro atoms. The molecule has 0 saturated carbocycles. The third kappa shape index (κ3) is 2.11. The summed E-state index contributed by atoms with van der Waals surface area (Å²) in [6.45, 7) is 1.88. The van der Waals surface area contributed by atoms with Gasteiger partial charge >= 0.3 is 0 Å². The zero-order chi connectivity index (χ0) is 10.0. The molecule has 0 amide bonds. The molecule has 72 valence electrons. The molecule has 0 aliphatic rings. The lowest BCUT2D eigenvalue weighted by molar-refractivity contribution is 0.576. The maximum atomic E-state index is 13.2. The molecule has 0 saturated heterocycles. The van der Waals surface area contributed by atoms with Crippen LogP contribution in [0.4, 0.5) is 10.1 Å². The quantitative estimate of drug-likeness (QED) is 0.724. The number of nitrogen functional groups attached to an aromatic ring is 1. The topological polar surface area (TPSA) is 52.0 Å². The van der Waals surface area contributed by atoms with Gasteiger partial charge in [0.25, 0.3) is 0 Å². The molecule has 1 atom stereocenters. The van der Waals surface area contributed by atoms with E-state index in [9.17, 15) is 4.39 Å². The molecule has 0 aliphatic carbocycles. The van der Waals surface area contributed by atoms with E-state index in [1.54, 1.807) is 0 Å². The van der Waals surface area contributed by atoms with Gasteiger partial charge in [-0.2, -0.15) is 0 Å². The van der Waals surface area contributed by atoms with Crippen LogP contribution in [0.1, 0.15) is 24.9 Å². The molecule has 4 heteroatoms. The number of anilines is 1. The minimum Gasteiger partial charge on any atom is -0.397 e. The summed E-state index contributed by atoms with van der Waals surface area (Å²) in [6.07, 6.45) is 0.664. The van der Waals surface area contributed by atoms with Crippen LogP contribution in [0, 0.1) is 5.82 Å². The Hall–Kier alpha value is -0.800. The summed E-state index contributed by atoms with van der Waals surface area (Å²) in [6, 6.07) is 2.37. The first-order chi connectivity index (χ1) is 6.06. The Morgan fingerprint density at radius 1 is 1.54 bits per heavy atom. The lowest BCUT2D eigenvalue weighted by Crippen LogP contribution is -2.11. The molecule has 1 rings (SSSR count). The molecule has 0 bridgehead atoms. The van der Waals surface area contributed by atoms with E-state index in [1.165, 1.54) is 12.1 Å². The molecular formula is C9H12ClFN2. The molecule has 0 fully saturated rings. The molecule has 1 aromatic carbocycles. The average molecular weight is 203 g/mol. The number of halogens is 2. The van der Waals surface area contributed by atoms with Crippen LogP contribution >= 0.6 is 11.6 Å². The molecule has 13 heavy (non-hydrogen) atoms. The van der Waals surface area contributed by atoms with Crippen molar-refractivity contribution >= 4 is 17.3 Å². The van der Waals surface area contributed by atoms with E-state index in [0.717, 1.165) is 0 Å². The van der Waals surface area contributed by atoms with Gasteiger partial charge in [-0.3, -0.25) is 0 Å². The van der Waals surface area contributed by atoms with Crippen molar-refractivity contribution in [3.63, 3.8) is 0 Å². The summed E-state index contributed by atoms with van der Waals surface area (Å²) < 4.78 is 13.2. The molecule has 0 unspecified atom stereocenters. The molecule has 0 aliphatic heterocycles. The van der Waals surface area contributed by atoms with Crippen LogP contribution in [-0.4, -0.2) is 0 Å². The van der Waals surface area contributed by atoms with E-state index in [0.29, 0.717) is 17.0 Å². The number of hydrogen-bond acceptors (Lipinski definition) is 2. The van der Waals surface area contributed by atoms with Crippen molar-refractivity contribution in [3.05, 3.63) is 28.5 Å². The monoisotopic (exact) mass is 202 g/mol. The molecule has 0 radical (unpaired) electrons. The predicted octanol–water partition coefficient (Wildman–Crippen LogP) is 2.47. The average Bonchev–Trinajstić information content (AvgIpc) is 2.10. The Morgan fingerprint density at radius 3 is 2.69 bits per heavy atom. The number of hydrogen-bond donors (Lipinski definition) is 2. The number of benzene rings is 1. The summed E-state index contributed by atoms with van der Waals surface area (Å²) in [5.74, 6) is -0.392. The second kappa shape index (κ2) is 3.94. The van der Waals surface area contributed by atoms with E-state index in [4.69, 9.17) is 23.1 Å². The Labute approximate surface area is 81.7 Å². The van der Waals surface area contributed by atoms with Crippen molar-refractivity contribution < 1.29 is 4.39 Å². The largest absolute Gasteiger partial charge is 0.397 e. The zero-order valence-electron chi connectivity index (χ0n) is 7.35. The first-order valence-corrected chi connectivity index (χ1v) is 4.44. The van der Waals surface area contributed by atoms with Crippen LogP contribution in [0.3, 0.4) is 0 Å². The van der Waals surface area contributed by atoms with Gasteiger partial charge in [0, 0.05) is 11.6 Å². The SMILES string of the molecule is CC[C@H](N)c1cc(Cl)c(N)cc1F. The minimum absolute atomic E-state index is 0.242. The fourth-order valence-corrected chi connectivity index (χ4v) is 1.25. The van der Waals surface area contributed by atoms with Crippen LogP contribution in [0.5, 0.6) is 0 Å². The molecule has 2 nitrogen and oxygen atoms in total. The van der Waals surface area contributed by atoms with Gasteiger partial charge in [-0.1, -0.05) is 18.5 Å². The van der Waals surface area contributed by atoms with E-state index >= 15 is 0 Å². The van der Waals surface area contributed by atoms with Crippen LogP contribution in [0.15, 0.2) is 12.1 Å². The van der Waals surface area contributed by atoms with Gasteiger partial charge in [0.1, 0.15) is 5.82 Å². The van der Waals surface area contributed by atoms with Gasteiger partial charge in [0.2, 0.25) is 0 Å². The highest BCUT2D eigenvalue weighted by atomic mass is 35.5. The molecule has 0 heterocycles. The van der Waals surface area contributed by atoms with Crippen molar-refractivity contribution in [2.24, 2.45) is 5.73 Å². The van der Waals surface area contributed by atoms with Crippen molar-refractivity contribution in [2.45, 2.75) is 19.4 Å². The summed E-state index contributed by atoms with van der Waals surface area (Å²) in [5.41, 5.74) is 11.8. The summed E-state index contributed by atoms with van der Waals surface area (Å²) in [4.78, 5) is 0. The van der Waals surface area contributed by atoms with Crippen LogP contribution in [0.2, 0.25) is 5.02 Å². The van der Waals surface area contributed by atoms with Crippen molar-refractivity contribution in [1.29, 1.82) is 0 Å². The van der Waals surface area contributed by atoms with Gasteiger partial charge in [-0.05, 0) is 18.6 Å². The van der Waals surface area contributed by atoms with Crippen LogP contribution in [0.25, 0.3) is 0 Å². The van der Waals surface area contributed by atoms with Gasteiger partial charge in [-0.25, -0.2) is 4.39 Å². The third-order valence-corrected chi connectivity index (χ3v) is 2.28. The van der Waals surface area contributed by atoms with Crippen molar-refractivity contribution in [1.82, 2.24) is 0 Å². The Morgan fingerprint density at radius 2 is 2.15 bits per heavy atom. The first-order valence-electron chi connectivity index (χ1n) is 4.06. The minimum atomic E-state index is -0.392. The standard InChI is InChI=1S/C9H12ClFN2/c1-2-8(12)5-3-6(10)9(13)4-7(5)11/h3-4,8H,2,12-13H2,1H3/t8-/m0/s1. The Kier molecular flexibility index (Phi) is 3.12. The van der Waals surface area contributed by atoms with E-state index in [1.807, 2.05) is 6.92 Å². The summed E-state index contributed by atoms with van der Waals surface area (Å²) in [5, 5.41) is 0.348. The fourth-order valence-electron chi connectivity index (χ4n) is 1.08. The van der Waals surface area contributed by atoms with Gasteiger partial charge in [-0.15, -0.1) is 0 Å². The maximum absolute atomic E-state index is 13.2. The highest BCUT2D eigenvalue weighted by molar-refractivity contribution is 6.33. The van der Waals surface area contributed by atoms with Crippen molar-refractivity contribution in [2.75, 3.05) is 5.73 Å². The van der Waals surface area contributed by atoms with E-state index in [2.05, 4.69) is 0 Å². The highest BCUT2D eigenvalue weighted by Crippen LogP contribution is 2.26. The van der Waals surface area contributed by atoms with Gasteiger partial charge < -0.3 is 11.5 Å². The lowest BCUT2D eigenvalue weighted by Gasteiger charge is -2.11. The summed E-state index contributed by atoms with van der Waals surface area (Å²) >= 11 is 5.74. The van der Waals surface area contributed by atoms with Crippen LogP contribution in [-0.2, 0) is 0 Å². The Balaban J connectivity index is 3.15. The fraction of sp³-hybridized carbons (Fsp3) is 0.333. The van der Waals surface area contributed by atoms with Gasteiger partial charge in [0.15, 0.2) is 0 Å². The highest BCUT2D eigenvalue weighted by Gasteiger charge is 2.11. The molecule has 0 aromatic heterocycles. The van der Waals surface area contributed by atoms with E-state index < -0.39 is 5.82 Å². The second-order valence-electron chi connectivity index (χ2n) is 2.91. The second-order valence-corrected chi connectivity index (χ2v) is 3.32. The van der Waals surface area contributed by atoms with Crippen LogP contribution < -0.4 is 11.5 Å². The molecular weight excluding hydrogens is 191 g/mol. The third-order valence-electron chi connectivity index (χ3n) is 1.96. The molecule has 4 N–H and O–H groups in total. The smallest absolute Gasteiger partial charge is 0.130 e. The first kappa shape index (κ1) is 10.3. The summed E-state index contributed by atoms with van der Waals surface area (Å²) in [7, 11) is 0. The number of nitrogens with two attached hydrogens (primary N) is 2.